The molecular weight excluding hydrogens is 358 g/mol. The molecule has 1 aromatic carbocycles. The number of alkyl halides is 6. The zero-order valence-corrected chi connectivity index (χ0v) is 12.4. The van der Waals surface area contributed by atoms with Crippen molar-refractivity contribution in [2.75, 3.05) is 5.32 Å². The van der Waals surface area contributed by atoms with Gasteiger partial charge in [0.25, 0.3) is 0 Å². The van der Waals surface area contributed by atoms with E-state index in [4.69, 9.17) is 0 Å². The van der Waals surface area contributed by atoms with Crippen molar-refractivity contribution in [1.82, 2.24) is 14.3 Å². The smallest absolute Gasteiger partial charge is 0.324 e. The fourth-order valence-corrected chi connectivity index (χ4v) is 2.00. The van der Waals surface area contributed by atoms with E-state index in [9.17, 15) is 35.9 Å². The van der Waals surface area contributed by atoms with Crippen LogP contribution >= 0.6 is 0 Å². The molecule has 6 nitrogen and oxygen atoms in total. The molecule has 2 aromatic rings. The van der Waals surface area contributed by atoms with Crippen LogP contribution in [0, 0.1) is 0 Å². The predicted molar refractivity (Wildman–Crippen MR) is 72.5 cm³/mol. The van der Waals surface area contributed by atoms with Gasteiger partial charge in [0, 0.05) is 7.05 Å². The lowest BCUT2D eigenvalue weighted by Crippen LogP contribution is -2.29. The van der Waals surface area contributed by atoms with Gasteiger partial charge >= 0.3 is 18.0 Å². The summed E-state index contributed by atoms with van der Waals surface area (Å²) in [4.78, 5) is 23.5. The number of halogens is 6. The topological polar surface area (TPSA) is 68.9 Å². The highest BCUT2D eigenvalue weighted by atomic mass is 19.4. The van der Waals surface area contributed by atoms with Gasteiger partial charge in [-0.1, -0.05) is 12.1 Å². The Morgan fingerprint density at radius 1 is 1.12 bits per heavy atom. The summed E-state index contributed by atoms with van der Waals surface area (Å²) in [6.45, 7) is -0.977. The van der Waals surface area contributed by atoms with Crippen LogP contribution in [-0.4, -0.2) is 20.3 Å². The van der Waals surface area contributed by atoms with E-state index in [1.165, 1.54) is 6.07 Å². The van der Waals surface area contributed by atoms with Gasteiger partial charge in [0.2, 0.25) is 11.7 Å². The van der Waals surface area contributed by atoms with Gasteiger partial charge in [-0.05, 0) is 12.1 Å². The summed E-state index contributed by atoms with van der Waals surface area (Å²) in [7, 11) is 0.811. The van der Waals surface area contributed by atoms with Crippen molar-refractivity contribution in [3.05, 3.63) is 46.1 Å². The first kappa shape index (κ1) is 18.5. The van der Waals surface area contributed by atoms with Gasteiger partial charge < -0.3 is 5.32 Å². The number of carbonyl (C=O) groups is 1. The molecule has 0 saturated carbocycles. The molecule has 0 unspecified atom stereocenters. The second-order valence-corrected chi connectivity index (χ2v) is 4.91. The van der Waals surface area contributed by atoms with Gasteiger partial charge in [0.1, 0.15) is 6.54 Å². The van der Waals surface area contributed by atoms with Crippen molar-refractivity contribution in [2.24, 2.45) is 7.05 Å². The molecule has 25 heavy (non-hydrogen) atoms. The second-order valence-electron chi connectivity index (χ2n) is 4.91. The van der Waals surface area contributed by atoms with Gasteiger partial charge in [0.05, 0.1) is 11.3 Å². The molecule has 136 valence electrons. The minimum Gasteiger partial charge on any atom is -0.324 e. The molecule has 0 radical (unpaired) electrons. The van der Waals surface area contributed by atoms with Crippen LogP contribution in [0.2, 0.25) is 0 Å². The highest BCUT2D eigenvalue weighted by Gasteiger charge is 2.38. The van der Waals surface area contributed by atoms with E-state index < -0.39 is 47.6 Å². The molecule has 0 fully saturated rings. The Labute approximate surface area is 135 Å². The van der Waals surface area contributed by atoms with Crippen molar-refractivity contribution in [1.29, 1.82) is 0 Å². The Kier molecular flexibility index (Phi) is 4.64. The molecule has 0 atom stereocenters. The number of nitrogens with one attached hydrogen (secondary N) is 1. The lowest BCUT2D eigenvalue weighted by atomic mass is 10.1. The maximum Gasteiger partial charge on any atom is 0.451 e. The fourth-order valence-electron chi connectivity index (χ4n) is 2.00. The highest BCUT2D eigenvalue weighted by Crippen LogP contribution is 2.34. The number of carbonyl (C=O) groups excluding carboxylic acids is 1. The molecule has 0 saturated heterocycles. The summed E-state index contributed by atoms with van der Waals surface area (Å²) in [6.07, 6.45) is -9.66. The van der Waals surface area contributed by atoms with E-state index in [1.54, 1.807) is 0 Å². The Balaban J connectivity index is 2.25. The number of rotatable bonds is 3. The van der Waals surface area contributed by atoms with Gasteiger partial charge in [-0.3, -0.25) is 9.36 Å². The maximum absolute atomic E-state index is 12.8. The number of anilines is 1. The summed E-state index contributed by atoms with van der Waals surface area (Å²) >= 11 is 0. The Morgan fingerprint density at radius 2 is 1.72 bits per heavy atom. The van der Waals surface area contributed by atoms with Crippen LogP contribution in [0.25, 0.3) is 0 Å². The molecule has 0 aliphatic heterocycles. The fraction of sp³-hybridized carbons (Fsp3) is 0.308. The lowest BCUT2D eigenvalue weighted by molar-refractivity contribution is -0.147. The lowest BCUT2D eigenvalue weighted by Gasteiger charge is -2.13. The third kappa shape index (κ3) is 4.00. The number of nitrogens with zero attached hydrogens (tertiary/aromatic N) is 3. The molecule has 0 aliphatic rings. The molecule has 12 heteroatoms. The van der Waals surface area contributed by atoms with Gasteiger partial charge in [-0.25, -0.2) is 9.48 Å². The summed E-state index contributed by atoms with van der Waals surface area (Å²) in [5.74, 6) is -2.66. The zero-order chi connectivity index (χ0) is 19.0. The van der Waals surface area contributed by atoms with E-state index >= 15 is 0 Å². The van der Waals surface area contributed by atoms with Gasteiger partial charge in [-0.2, -0.15) is 26.3 Å². The summed E-state index contributed by atoms with van der Waals surface area (Å²) < 4.78 is 76.8. The molecule has 1 N–H and O–H groups in total. The molecule has 2 rings (SSSR count). The van der Waals surface area contributed by atoms with E-state index in [2.05, 4.69) is 5.10 Å². The van der Waals surface area contributed by atoms with E-state index in [-0.39, 0.29) is 9.25 Å². The van der Waals surface area contributed by atoms with E-state index in [1.807, 2.05) is 5.32 Å². The van der Waals surface area contributed by atoms with E-state index in [0.29, 0.717) is 0 Å². The summed E-state index contributed by atoms with van der Waals surface area (Å²) in [6, 6.07) is 4.05. The molecular formula is C13H10F6N4O2. The SMILES string of the molecule is Cn1c(C(F)(F)F)nn(CC(=O)Nc2ccccc2C(F)(F)F)c1=O. The Hall–Kier alpha value is -2.79. The Morgan fingerprint density at radius 3 is 2.24 bits per heavy atom. The number of para-hydroxylation sites is 1. The maximum atomic E-state index is 12.8. The average molecular weight is 368 g/mol. The van der Waals surface area contributed by atoms with Crippen LogP contribution in [0.3, 0.4) is 0 Å². The molecule has 0 spiro atoms. The quantitative estimate of drug-likeness (QED) is 0.845. The predicted octanol–water partition coefficient (Wildman–Crippen LogP) is 2.26. The minimum atomic E-state index is -4.92. The number of aromatic nitrogens is 3. The van der Waals surface area contributed by atoms with Crippen LogP contribution in [0.1, 0.15) is 11.4 Å². The van der Waals surface area contributed by atoms with Crippen molar-refractivity contribution in [2.45, 2.75) is 18.9 Å². The molecule has 1 aromatic heterocycles. The van der Waals surface area contributed by atoms with Gasteiger partial charge in [-0.15, -0.1) is 5.10 Å². The first-order valence-corrected chi connectivity index (χ1v) is 6.58. The molecule has 0 bridgehead atoms. The average Bonchev–Trinajstić information content (AvgIpc) is 2.75. The first-order valence-electron chi connectivity index (χ1n) is 6.58. The normalized spacial score (nSPS) is 12.3. The third-order valence-corrected chi connectivity index (χ3v) is 3.09. The summed E-state index contributed by atoms with van der Waals surface area (Å²) in [5, 5.41) is 4.90. The van der Waals surface area contributed by atoms with Crippen LogP contribution in [0.5, 0.6) is 0 Å². The largest absolute Gasteiger partial charge is 0.451 e. The second kappa shape index (κ2) is 6.26. The zero-order valence-electron chi connectivity index (χ0n) is 12.4. The van der Waals surface area contributed by atoms with E-state index in [0.717, 1.165) is 25.2 Å². The van der Waals surface area contributed by atoms with Gasteiger partial charge in [0.15, 0.2) is 0 Å². The molecule has 0 aliphatic carbocycles. The van der Waals surface area contributed by atoms with Crippen molar-refractivity contribution >= 4 is 11.6 Å². The van der Waals surface area contributed by atoms with Crippen LogP contribution in [-0.2, 0) is 30.7 Å². The van der Waals surface area contributed by atoms with Crippen LogP contribution in [0.4, 0.5) is 32.0 Å². The highest BCUT2D eigenvalue weighted by molar-refractivity contribution is 5.91. The third-order valence-electron chi connectivity index (χ3n) is 3.09. The van der Waals surface area contributed by atoms with Crippen LogP contribution < -0.4 is 11.0 Å². The molecule has 1 amide bonds. The molecule has 1 heterocycles. The minimum absolute atomic E-state index is 0.191. The van der Waals surface area contributed by atoms with Crippen LogP contribution in [0.15, 0.2) is 29.1 Å². The Bertz CT molecular complexity index is 849. The number of hydrogen-bond acceptors (Lipinski definition) is 3. The van der Waals surface area contributed by atoms with Crippen molar-refractivity contribution in [3.8, 4) is 0 Å². The van der Waals surface area contributed by atoms with Crippen molar-refractivity contribution < 1.29 is 31.1 Å². The monoisotopic (exact) mass is 368 g/mol. The number of benzene rings is 1. The van der Waals surface area contributed by atoms with Crippen molar-refractivity contribution in [3.63, 3.8) is 0 Å². The number of hydrogen-bond donors (Lipinski definition) is 1. The standard InChI is InChI=1S/C13H10F6N4O2/c1-22-10(13(17,18)19)21-23(11(22)25)6-9(24)20-8-5-3-2-4-7(8)12(14,15)16/h2-5H,6H2,1H3,(H,20,24). The summed E-state index contributed by atoms with van der Waals surface area (Å²) in [5.41, 5.74) is -2.95. The number of amides is 1. The first-order chi connectivity index (χ1) is 11.4.